The van der Waals surface area contributed by atoms with E-state index in [0.717, 1.165) is 16.8 Å². The second-order valence-electron chi connectivity index (χ2n) is 8.52. The lowest BCUT2D eigenvalue weighted by molar-refractivity contribution is 0.103. The summed E-state index contributed by atoms with van der Waals surface area (Å²) in [5, 5.41) is 29.1. The molecule has 3 aromatic carbocycles. The molecule has 0 bridgehead atoms. The number of anilines is 1. The summed E-state index contributed by atoms with van der Waals surface area (Å²) < 4.78 is 5.51. The van der Waals surface area contributed by atoms with Crippen molar-refractivity contribution in [3.63, 3.8) is 0 Å². The summed E-state index contributed by atoms with van der Waals surface area (Å²) in [4.78, 5) is 7.95. The number of aliphatic hydroxyl groups excluding tert-OH is 2. The van der Waals surface area contributed by atoms with E-state index < -0.39 is 0 Å². The summed E-state index contributed by atoms with van der Waals surface area (Å²) in [5.74, 6) is 0.592. The Bertz CT molecular complexity index is 1250. The van der Waals surface area contributed by atoms with Crippen molar-refractivity contribution in [2.24, 2.45) is 0 Å². The third-order valence-electron chi connectivity index (χ3n) is 6.45. The molecule has 8 heteroatoms. The second-order valence-corrected chi connectivity index (χ2v) is 8.93. The molecule has 2 atom stereocenters. The zero-order chi connectivity index (χ0) is 25.5. The predicted octanol–water partition coefficient (Wildman–Crippen LogP) is 4.73. The number of ether oxygens (including phenoxy) is 1. The number of halogens is 1. The first-order valence-electron chi connectivity index (χ1n) is 11.7. The normalized spacial score (nSPS) is 16.7. The van der Waals surface area contributed by atoms with Crippen LogP contribution in [0.2, 0.25) is 5.02 Å². The number of rotatable bonds is 8. The first-order chi connectivity index (χ1) is 17.6. The summed E-state index contributed by atoms with van der Waals surface area (Å²) in [6, 6.07) is 22.3. The smallest absolute Gasteiger partial charge is 0.187 e. The van der Waals surface area contributed by atoms with E-state index in [1.165, 1.54) is 0 Å². The van der Waals surface area contributed by atoms with Gasteiger partial charge in [0.05, 0.1) is 54.2 Å². The molecule has 0 radical (unpaired) electrons. The molecule has 2 N–H and O–H groups in total. The van der Waals surface area contributed by atoms with Gasteiger partial charge >= 0.3 is 0 Å². The molecule has 1 saturated heterocycles. The van der Waals surface area contributed by atoms with Crippen LogP contribution in [0, 0.1) is 17.9 Å². The lowest BCUT2D eigenvalue weighted by Crippen LogP contribution is -2.50. The molecule has 0 saturated carbocycles. The molecular formula is C28H27ClN4O3. The zero-order valence-corrected chi connectivity index (χ0v) is 20.5. The molecule has 1 fully saturated rings. The molecule has 0 aromatic heterocycles. The van der Waals surface area contributed by atoms with Gasteiger partial charge in [-0.3, -0.25) is 4.90 Å². The van der Waals surface area contributed by atoms with Crippen molar-refractivity contribution in [3.05, 3.63) is 99.9 Å². The van der Waals surface area contributed by atoms with Crippen LogP contribution in [-0.2, 0) is 0 Å². The van der Waals surface area contributed by atoms with Gasteiger partial charge in [0, 0.05) is 25.7 Å². The van der Waals surface area contributed by atoms with E-state index in [1.807, 2.05) is 48.5 Å². The molecule has 184 valence electrons. The number of aliphatic hydroxyl groups is 2. The molecule has 0 unspecified atom stereocenters. The minimum Gasteiger partial charge on any atom is -0.491 e. The lowest BCUT2D eigenvalue weighted by atomic mass is 9.97. The topological polar surface area (TPSA) is 84.3 Å². The highest BCUT2D eigenvalue weighted by molar-refractivity contribution is 6.33. The first-order valence-corrected chi connectivity index (χ1v) is 12.1. The van der Waals surface area contributed by atoms with Crippen LogP contribution in [0.25, 0.3) is 4.85 Å². The van der Waals surface area contributed by atoms with Crippen molar-refractivity contribution in [2.45, 2.75) is 12.1 Å². The van der Waals surface area contributed by atoms with Crippen LogP contribution in [0.4, 0.5) is 11.4 Å². The van der Waals surface area contributed by atoms with Crippen molar-refractivity contribution >= 4 is 23.0 Å². The van der Waals surface area contributed by atoms with Crippen molar-refractivity contribution < 1.29 is 14.9 Å². The van der Waals surface area contributed by atoms with Gasteiger partial charge in [-0.2, -0.15) is 5.26 Å². The number of hydrogen-bond acceptors (Lipinski definition) is 6. The van der Waals surface area contributed by atoms with Gasteiger partial charge < -0.3 is 19.8 Å². The monoisotopic (exact) mass is 502 g/mol. The zero-order valence-electron chi connectivity index (χ0n) is 19.7. The van der Waals surface area contributed by atoms with E-state index in [1.54, 1.807) is 18.2 Å². The van der Waals surface area contributed by atoms with Crippen LogP contribution in [0.1, 0.15) is 28.8 Å². The van der Waals surface area contributed by atoms with Gasteiger partial charge in [-0.05, 0) is 35.4 Å². The first kappa shape index (κ1) is 25.5. The maximum absolute atomic E-state index is 10.3. The van der Waals surface area contributed by atoms with Crippen LogP contribution in [0.15, 0.2) is 66.7 Å². The number of nitriles is 1. The van der Waals surface area contributed by atoms with Crippen molar-refractivity contribution in [3.8, 4) is 11.8 Å². The van der Waals surface area contributed by atoms with Crippen molar-refractivity contribution in [1.29, 1.82) is 5.26 Å². The van der Waals surface area contributed by atoms with Crippen LogP contribution < -0.4 is 9.64 Å². The fourth-order valence-electron chi connectivity index (χ4n) is 4.62. The second kappa shape index (κ2) is 11.9. The van der Waals surface area contributed by atoms with Gasteiger partial charge in [0.15, 0.2) is 5.69 Å². The summed E-state index contributed by atoms with van der Waals surface area (Å²) >= 11 is 6.69. The van der Waals surface area contributed by atoms with E-state index >= 15 is 0 Å². The maximum Gasteiger partial charge on any atom is 0.187 e. The highest BCUT2D eigenvalue weighted by atomic mass is 35.5. The predicted molar refractivity (Wildman–Crippen MR) is 139 cm³/mol. The van der Waals surface area contributed by atoms with Crippen LogP contribution in [0.3, 0.4) is 0 Å². The average Bonchev–Trinajstić information content (AvgIpc) is 2.93. The SMILES string of the molecule is [C-]#[N+]c1ccc([C@H](CO)N2CCN(c3ccc(OCCO)cc3Cl)[C@H](c3ccc(C#N)cc3)C2)cc1. The molecule has 1 heterocycles. The maximum atomic E-state index is 10.3. The van der Waals surface area contributed by atoms with Gasteiger partial charge in [-0.15, -0.1) is 0 Å². The molecule has 7 nitrogen and oxygen atoms in total. The fraction of sp³-hybridized carbons (Fsp3) is 0.286. The van der Waals surface area contributed by atoms with Gasteiger partial charge in [0.1, 0.15) is 12.4 Å². The summed E-state index contributed by atoms with van der Waals surface area (Å²) in [5.41, 5.74) is 4.02. The number of benzene rings is 3. The Kier molecular flexibility index (Phi) is 8.43. The molecule has 0 amide bonds. The minimum atomic E-state index is -0.211. The Labute approximate surface area is 216 Å². The van der Waals surface area contributed by atoms with Crippen LogP contribution in [-0.4, -0.2) is 54.6 Å². The van der Waals surface area contributed by atoms with Crippen LogP contribution in [0.5, 0.6) is 5.75 Å². The molecule has 1 aliphatic heterocycles. The highest BCUT2D eigenvalue weighted by Crippen LogP contribution is 2.39. The minimum absolute atomic E-state index is 0.0465. The van der Waals surface area contributed by atoms with Crippen molar-refractivity contribution in [1.82, 2.24) is 4.90 Å². The molecule has 4 rings (SSSR count). The van der Waals surface area contributed by atoms with Gasteiger partial charge in [0.25, 0.3) is 0 Å². The third kappa shape index (κ3) is 5.62. The highest BCUT2D eigenvalue weighted by Gasteiger charge is 2.33. The Morgan fingerprint density at radius 2 is 1.83 bits per heavy atom. The number of nitrogens with zero attached hydrogens (tertiary/aromatic N) is 4. The summed E-state index contributed by atoms with van der Waals surface area (Å²) in [6.45, 7) is 9.25. The van der Waals surface area contributed by atoms with Gasteiger partial charge in [-0.1, -0.05) is 48.0 Å². The summed E-state index contributed by atoms with van der Waals surface area (Å²) in [6.07, 6.45) is 0. The Hall–Kier alpha value is -3.59. The van der Waals surface area contributed by atoms with E-state index in [9.17, 15) is 10.4 Å². The number of hydrogen-bond donors (Lipinski definition) is 2. The Morgan fingerprint density at radius 3 is 2.44 bits per heavy atom. The summed E-state index contributed by atoms with van der Waals surface area (Å²) in [7, 11) is 0. The van der Waals surface area contributed by atoms with Crippen molar-refractivity contribution in [2.75, 3.05) is 44.4 Å². The van der Waals surface area contributed by atoms with E-state index in [2.05, 4.69) is 20.7 Å². The average molecular weight is 503 g/mol. The van der Waals surface area contributed by atoms with Gasteiger partial charge in [-0.25, -0.2) is 4.85 Å². The Morgan fingerprint density at radius 1 is 1.08 bits per heavy atom. The van der Waals surface area contributed by atoms with E-state index in [4.69, 9.17) is 28.0 Å². The van der Waals surface area contributed by atoms with E-state index in [-0.39, 0.29) is 31.9 Å². The number of piperazine rings is 1. The standard InChI is InChI=1S/C28H27ClN4O3/c1-31-23-8-6-22(7-9-23)28(19-35)32-12-13-33(26-11-10-24(16-25(26)29)36-15-14-34)27(18-32)21-4-2-20(17-30)3-5-21/h2-11,16,27-28,34-35H,12-15,18-19H2/t27-,28-/m0/s1. The largest absolute Gasteiger partial charge is 0.491 e. The molecule has 0 aliphatic carbocycles. The molecular weight excluding hydrogens is 476 g/mol. The molecule has 1 aliphatic rings. The third-order valence-corrected chi connectivity index (χ3v) is 6.75. The fourth-order valence-corrected chi connectivity index (χ4v) is 4.90. The lowest BCUT2D eigenvalue weighted by Gasteiger charge is -2.46. The molecule has 3 aromatic rings. The molecule has 36 heavy (non-hydrogen) atoms. The van der Waals surface area contributed by atoms with Crippen LogP contribution >= 0.6 is 11.6 Å². The quantitative estimate of drug-likeness (QED) is 0.433. The Balaban J connectivity index is 1.65. The van der Waals surface area contributed by atoms with E-state index in [0.29, 0.717) is 41.7 Å². The van der Waals surface area contributed by atoms with Gasteiger partial charge in [0.2, 0.25) is 0 Å². The molecule has 0 spiro atoms.